The molecule has 0 aliphatic carbocycles. The Labute approximate surface area is 76.9 Å². The van der Waals surface area contributed by atoms with Gasteiger partial charge in [-0.3, -0.25) is 4.79 Å². The van der Waals surface area contributed by atoms with Gasteiger partial charge in [-0.05, 0) is 0 Å². The van der Waals surface area contributed by atoms with Gasteiger partial charge in [0, 0.05) is 20.6 Å². The molecule has 0 spiro atoms. The molecule has 3 atom stereocenters. The van der Waals surface area contributed by atoms with Crippen molar-refractivity contribution in [3.63, 3.8) is 0 Å². The lowest BCUT2D eigenvalue weighted by Crippen LogP contribution is -2.26. The van der Waals surface area contributed by atoms with Crippen molar-refractivity contribution in [3.05, 3.63) is 0 Å². The van der Waals surface area contributed by atoms with Crippen LogP contribution in [0.25, 0.3) is 0 Å². The molecule has 0 amide bonds. The second-order valence-electron chi connectivity index (χ2n) is 2.77. The molecule has 1 saturated heterocycles. The highest BCUT2D eigenvalue weighted by Crippen LogP contribution is 2.28. The Morgan fingerprint density at radius 3 is 2.46 bits per heavy atom. The van der Waals surface area contributed by atoms with Crippen LogP contribution in [0.1, 0.15) is 6.42 Å². The van der Waals surface area contributed by atoms with Crippen LogP contribution in [0.15, 0.2) is 0 Å². The fourth-order valence-corrected chi connectivity index (χ4v) is 1.35. The molecule has 1 fully saturated rings. The topological polar surface area (TPSA) is 54.0 Å². The average Bonchev–Trinajstić information content (AvgIpc) is 2.59. The van der Waals surface area contributed by atoms with Gasteiger partial charge in [-0.2, -0.15) is 0 Å². The predicted molar refractivity (Wildman–Crippen MR) is 42.8 cm³/mol. The quantitative estimate of drug-likeness (QED) is 0.592. The van der Waals surface area contributed by atoms with Crippen molar-refractivity contribution in [2.45, 2.75) is 19.0 Å². The van der Waals surface area contributed by atoms with E-state index in [0.717, 1.165) is 0 Å². The molecule has 1 aliphatic rings. The zero-order valence-electron chi connectivity index (χ0n) is 7.98. The van der Waals surface area contributed by atoms with Gasteiger partial charge in [0.05, 0.1) is 7.11 Å². The fraction of sp³-hybridized carbons (Fsp3) is 0.875. The Balaban J connectivity index is 2.57. The van der Waals surface area contributed by atoms with Gasteiger partial charge < -0.3 is 18.9 Å². The van der Waals surface area contributed by atoms with Crippen molar-refractivity contribution in [1.29, 1.82) is 0 Å². The molecule has 13 heavy (non-hydrogen) atoms. The summed E-state index contributed by atoms with van der Waals surface area (Å²) >= 11 is 0. The SMILES string of the molecule is COC(=O)[C@H]1C[C@@H](OC)O[C@@H]1OC. The first-order valence-corrected chi connectivity index (χ1v) is 4.01. The van der Waals surface area contributed by atoms with Gasteiger partial charge in [-0.15, -0.1) is 0 Å². The minimum Gasteiger partial charge on any atom is -0.469 e. The average molecular weight is 190 g/mol. The van der Waals surface area contributed by atoms with Gasteiger partial charge in [0.15, 0.2) is 12.6 Å². The van der Waals surface area contributed by atoms with Crippen LogP contribution in [0.5, 0.6) is 0 Å². The molecule has 0 unspecified atom stereocenters. The summed E-state index contributed by atoms with van der Waals surface area (Å²) in [6.07, 6.45) is -0.465. The number of hydrogen-bond donors (Lipinski definition) is 0. The Kier molecular flexibility index (Phi) is 3.65. The molecular weight excluding hydrogens is 176 g/mol. The third kappa shape index (κ3) is 2.18. The van der Waals surface area contributed by atoms with Crippen molar-refractivity contribution >= 4 is 5.97 Å². The molecule has 0 aromatic carbocycles. The van der Waals surface area contributed by atoms with E-state index in [1.807, 2.05) is 0 Å². The second-order valence-corrected chi connectivity index (χ2v) is 2.77. The molecule has 1 heterocycles. The van der Waals surface area contributed by atoms with Crippen molar-refractivity contribution in [3.8, 4) is 0 Å². The third-order valence-corrected chi connectivity index (χ3v) is 2.06. The summed E-state index contributed by atoms with van der Waals surface area (Å²) in [5, 5.41) is 0. The zero-order chi connectivity index (χ0) is 9.84. The minimum absolute atomic E-state index is 0.327. The van der Waals surface area contributed by atoms with E-state index in [-0.39, 0.29) is 18.2 Å². The molecule has 0 aromatic heterocycles. The van der Waals surface area contributed by atoms with Gasteiger partial charge in [0.2, 0.25) is 0 Å². The Morgan fingerprint density at radius 1 is 1.31 bits per heavy atom. The van der Waals surface area contributed by atoms with Crippen molar-refractivity contribution in [2.75, 3.05) is 21.3 Å². The van der Waals surface area contributed by atoms with Gasteiger partial charge in [0.1, 0.15) is 5.92 Å². The number of methoxy groups -OCH3 is 3. The van der Waals surface area contributed by atoms with Gasteiger partial charge in [0.25, 0.3) is 0 Å². The Morgan fingerprint density at radius 2 is 2.00 bits per heavy atom. The van der Waals surface area contributed by atoms with Crippen LogP contribution in [-0.4, -0.2) is 39.9 Å². The first-order chi connectivity index (χ1) is 6.22. The number of carbonyl (C=O) groups excluding carboxylic acids is 1. The lowest BCUT2D eigenvalue weighted by Gasteiger charge is -2.13. The van der Waals surface area contributed by atoms with Gasteiger partial charge in [-0.25, -0.2) is 0 Å². The van der Waals surface area contributed by atoms with Crippen LogP contribution in [0, 0.1) is 5.92 Å². The minimum atomic E-state index is -0.558. The molecular formula is C8H14O5. The molecule has 0 N–H and O–H groups in total. The molecule has 0 saturated carbocycles. The highest BCUT2D eigenvalue weighted by atomic mass is 16.8. The van der Waals surface area contributed by atoms with Gasteiger partial charge >= 0.3 is 5.97 Å². The fourth-order valence-electron chi connectivity index (χ4n) is 1.35. The maximum absolute atomic E-state index is 11.2. The zero-order valence-corrected chi connectivity index (χ0v) is 7.98. The summed E-state index contributed by atoms with van der Waals surface area (Å²) in [5.41, 5.74) is 0. The standard InChI is InChI=1S/C8H14O5/c1-10-6-4-5(7(9)11-2)8(12-3)13-6/h5-6,8H,4H2,1-3H3/t5-,6+,8+/m1/s1. The van der Waals surface area contributed by atoms with E-state index in [1.54, 1.807) is 0 Å². The largest absolute Gasteiger partial charge is 0.469 e. The highest BCUT2D eigenvalue weighted by Gasteiger charge is 2.40. The van der Waals surface area contributed by atoms with Crippen molar-refractivity contribution in [1.82, 2.24) is 0 Å². The maximum Gasteiger partial charge on any atom is 0.314 e. The third-order valence-electron chi connectivity index (χ3n) is 2.06. The summed E-state index contributed by atoms with van der Waals surface area (Å²) < 4.78 is 19.8. The van der Waals surface area contributed by atoms with Crippen LogP contribution in [0.2, 0.25) is 0 Å². The van der Waals surface area contributed by atoms with Crippen molar-refractivity contribution < 1.29 is 23.7 Å². The second kappa shape index (κ2) is 4.55. The molecule has 5 heteroatoms. The lowest BCUT2D eigenvalue weighted by molar-refractivity contribution is -0.197. The van der Waals surface area contributed by atoms with E-state index in [2.05, 4.69) is 4.74 Å². The molecule has 1 rings (SSSR count). The summed E-state index contributed by atoms with van der Waals surface area (Å²) in [5.74, 6) is -0.716. The first-order valence-electron chi connectivity index (χ1n) is 4.01. The summed E-state index contributed by atoms with van der Waals surface area (Å²) in [6.45, 7) is 0. The number of hydrogen-bond acceptors (Lipinski definition) is 5. The van der Waals surface area contributed by atoms with Crippen LogP contribution in [0.3, 0.4) is 0 Å². The molecule has 5 nitrogen and oxygen atoms in total. The Bertz CT molecular complexity index is 181. The summed E-state index contributed by atoms with van der Waals surface area (Å²) in [4.78, 5) is 11.2. The number of ether oxygens (including phenoxy) is 4. The van der Waals surface area contributed by atoms with Crippen molar-refractivity contribution in [2.24, 2.45) is 5.92 Å². The number of esters is 1. The summed E-state index contributed by atoms with van der Waals surface area (Å²) in [7, 11) is 4.35. The lowest BCUT2D eigenvalue weighted by atomic mass is 10.1. The molecule has 76 valence electrons. The molecule has 1 aliphatic heterocycles. The van der Waals surface area contributed by atoms with E-state index in [4.69, 9.17) is 14.2 Å². The monoisotopic (exact) mass is 190 g/mol. The smallest absolute Gasteiger partial charge is 0.314 e. The Hall–Kier alpha value is -0.650. The predicted octanol–water partition coefficient (Wildman–Crippen LogP) is 0.141. The first kappa shape index (κ1) is 10.4. The van der Waals surface area contributed by atoms with Crippen LogP contribution < -0.4 is 0 Å². The van der Waals surface area contributed by atoms with Gasteiger partial charge in [-0.1, -0.05) is 0 Å². The van der Waals surface area contributed by atoms with E-state index in [0.29, 0.717) is 6.42 Å². The molecule has 0 aromatic rings. The van der Waals surface area contributed by atoms with E-state index in [1.165, 1.54) is 21.3 Å². The summed E-state index contributed by atoms with van der Waals surface area (Å²) in [6, 6.07) is 0. The number of rotatable bonds is 3. The van der Waals surface area contributed by atoms with Crippen LogP contribution >= 0.6 is 0 Å². The van der Waals surface area contributed by atoms with E-state index in [9.17, 15) is 4.79 Å². The van der Waals surface area contributed by atoms with E-state index >= 15 is 0 Å². The van der Waals surface area contributed by atoms with Crippen LogP contribution in [-0.2, 0) is 23.7 Å². The maximum atomic E-state index is 11.2. The molecule has 0 radical (unpaired) electrons. The van der Waals surface area contributed by atoms with Crippen LogP contribution in [0.4, 0.5) is 0 Å². The molecule has 0 bridgehead atoms. The highest BCUT2D eigenvalue weighted by molar-refractivity contribution is 5.73. The number of carbonyl (C=O) groups is 1. The van der Waals surface area contributed by atoms with E-state index < -0.39 is 6.29 Å². The normalized spacial score (nSPS) is 33.3.